The smallest absolute Gasteiger partial charge is 0.338 e. The van der Waals surface area contributed by atoms with Gasteiger partial charge in [0.1, 0.15) is 17.2 Å². The van der Waals surface area contributed by atoms with Crippen molar-refractivity contribution in [2.45, 2.75) is 13.8 Å². The molecular weight excluding hydrogens is 404 g/mol. The summed E-state index contributed by atoms with van der Waals surface area (Å²) in [6, 6.07) is 20.0. The highest BCUT2D eigenvalue weighted by molar-refractivity contribution is 5.89. The van der Waals surface area contributed by atoms with E-state index in [0.29, 0.717) is 17.1 Å². The molecule has 0 saturated carbocycles. The van der Waals surface area contributed by atoms with E-state index in [1.54, 1.807) is 44.4 Å². The third-order valence-corrected chi connectivity index (χ3v) is 4.67. The normalized spacial score (nSPS) is 10.6. The lowest BCUT2D eigenvalue weighted by atomic mass is 10.0. The van der Waals surface area contributed by atoms with Crippen LogP contribution in [0.25, 0.3) is 17.2 Å². The summed E-state index contributed by atoms with van der Waals surface area (Å²) in [5, 5.41) is 0. The number of benzene rings is 3. The number of aryl methyl sites for hydroxylation is 1. The van der Waals surface area contributed by atoms with Gasteiger partial charge in [0, 0.05) is 11.6 Å². The van der Waals surface area contributed by atoms with Crippen LogP contribution in [0.2, 0.25) is 0 Å². The minimum Gasteiger partial charge on any atom is -0.497 e. The molecule has 32 heavy (non-hydrogen) atoms. The second-order valence-electron chi connectivity index (χ2n) is 7.20. The largest absolute Gasteiger partial charge is 0.497 e. The monoisotopic (exact) mass is 428 g/mol. The maximum Gasteiger partial charge on any atom is 0.338 e. The van der Waals surface area contributed by atoms with E-state index in [0.717, 1.165) is 28.0 Å². The van der Waals surface area contributed by atoms with E-state index in [-0.39, 0.29) is 0 Å². The Kier molecular flexibility index (Phi) is 7.24. The maximum atomic E-state index is 12.1. The first-order chi connectivity index (χ1) is 15.4. The van der Waals surface area contributed by atoms with Gasteiger partial charge in [0.25, 0.3) is 0 Å². The molecule has 5 heteroatoms. The van der Waals surface area contributed by atoms with Crippen LogP contribution in [0.3, 0.4) is 0 Å². The number of esters is 2. The van der Waals surface area contributed by atoms with Crippen molar-refractivity contribution < 1.29 is 23.8 Å². The fourth-order valence-electron chi connectivity index (χ4n) is 2.95. The number of carbonyl (C=O) groups excluding carboxylic acids is 2. The number of rotatable bonds is 7. The number of ether oxygens (including phenoxy) is 3. The van der Waals surface area contributed by atoms with Gasteiger partial charge in [0.05, 0.1) is 7.11 Å². The molecule has 3 rings (SSSR count). The van der Waals surface area contributed by atoms with Crippen molar-refractivity contribution in [2.24, 2.45) is 0 Å². The highest BCUT2D eigenvalue weighted by atomic mass is 16.5. The van der Waals surface area contributed by atoms with Gasteiger partial charge in [0.2, 0.25) is 0 Å². The molecule has 0 aliphatic carbocycles. The second-order valence-corrected chi connectivity index (χ2v) is 7.20. The van der Waals surface area contributed by atoms with Gasteiger partial charge in [-0.05, 0) is 78.6 Å². The average Bonchev–Trinajstić information content (AvgIpc) is 2.79. The lowest BCUT2D eigenvalue weighted by molar-refractivity contribution is -0.130. The minimum absolute atomic E-state index is 0.343. The van der Waals surface area contributed by atoms with Crippen LogP contribution in [0.1, 0.15) is 18.1 Å². The molecule has 0 aliphatic rings. The van der Waals surface area contributed by atoms with E-state index < -0.39 is 11.9 Å². The van der Waals surface area contributed by atoms with Gasteiger partial charge in [0.15, 0.2) is 0 Å². The van der Waals surface area contributed by atoms with E-state index in [4.69, 9.17) is 14.2 Å². The zero-order valence-corrected chi connectivity index (χ0v) is 18.3. The molecule has 3 aromatic rings. The summed E-state index contributed by atoms with van der Waals surface area (Å²) in [5.41, 5.74) is 4.09. The molecule has 0 amide bonds. The second kappa shape index (κ2) is 10.3. The summed E-state index contributed by atoms with van der Waals surface area (Å²) in [6.07, 6.45) is 3.06. The van der Waals surface area contributed by atoms with Crippen molar-refractivity contribution >= 4 is 18.0 Å². The topological polar surface area (TPSA) is 61.8 Å². The van der Waals surface area contributed by atoms with E-state index >= 15 is 0 Å². The predicted molar refractivity (Wildman–Crippen MR) is 125 cm³/mol. The zero-order valence-electron chi connectivity index (χ0n) is 18.3. The third-order valence-electron chi connectivity index (χ3n) is 4.67. The first kappa shape index (κ1) is 22.6. The molecule has 0 saturated heterocycles. The highest BCUT2D eigenvalue weighted by Gasteiger charge is 2.09. The molecule has 3 aromatic carbocycles. The first-order valence-corrected chi connectivity index (χ1v) is 9.98. The molecule has 0 atom stereocenters. The van der Waals surface area contributed by atoms with Crippen LogP contribution < -0.4 is 14.2 Å². The first-order valence-electron chi connectivity index (χ1n) is 9.98. The molecule has 0 N–H and O–H groups in total. The Balaban J connectivity index is 1.64. The van der Waals surface area contributed by atoms with Gasteiger partial charge in [-0.3, -0.25) is 0 Å². The van der Waals surface area contributed by atoms with Crippen molar-refractivity contribution in [3.8, 4) is 28.4 Å². The molecule has 0 spiro atoms. The Morgan fingerprint density at radius 1 is 0.844 bits per heavy atom. The van der Waals surface area contributed by atoms with E-state index in [1.165, 1.54) is 6.08 Å². The summed E-state index contributed by atoms with van der Waals surface area (Å²) in [4.78, 5) is 23.8. The van der Waals surface area contributed by atoms with Crippen LogP contribution in [0.15, 0.2) is 85.0 Å². The van der Waals surface area contributed by atoms with Crippen molar-refractivity contribution in [3.05, 3.63) is 96.1 Å². The fourth-order valence-corrected chi connectivity index (χ4v) is 2.95. The maximum absolute atomic E-state index is 12.1. The Morgan fingerprint density at radius 3 is 2.06 bits per heavy atom. The molecule has 0 aliphatic heterocycles. The van der Waals surface area contributed by atoms with Crippen LogP contribution in [-0.2, 0) is 9.59 Å². The number of methoxy groups -OCH3 is 1. The van der Waals surface area contributed by atoms with Gasteiger partial charge >= 0.3 is 11.9 Å². The number of hydrogen-bond donors (Lipinski definition) is 0. The number of hydrogen-bond acceptors (Lipinski definition) is 5. The lowest BCUT2D eigenvalue weighted by Gasteiger charge is -2.10. The lowest BCUT2D eigenvalue weighted by Crippen LogP contribution is -2.08. The average molecular weight is 428 g/mol. The van der Waals surface area contributed by atoms with Crippen molar-refractivity contribution in [1.29, 1.82) is 0 Å². The van der Waals surface area contributed by atoms with E-state index in [9.17, 15) is 9.59 Å². The van der Waals surface area contributed by atoms with E-state index in [2.05, 4.69) is 6.58 Å². The molecule has 162 valence electrons. The fraction of sp³-hybridized carbons (Fsp3) is 0.111. The Labute approximate surface area is 187 Å². The van der Waals surface area contributed by atoms with Gasteiger partial charge in [-0.15, -0.1) is 0 Å². The molecule has 0 heterocycles. The van der Waals surface area contributed by atoms with Gasteiger partial charge in [-0.1, -0.05) is 36.9 Å². The Bertz CT molecular complexity index is 1160. The molecule has 0 unspecified atom stereocenters. The summed E-state index contributed by atoms with van der Waals surface area (Å²) in [7, 11) is 1.60. The third kappa shape index (κ3) is 5.95. The molecule has 5 nitrogen and oxygen atoms in total. The van der Waals surface area contributed by atoms with Crippen LogP contribution in [0, 0.1) is 6.92 Å². The van der Waals surface area contributed by atoms with Gasteiger partial charge in [-0.2, -0.15) is 0 Å². The summed E-state index contributed by atoms with van der Waals surface area (Å²) >= 11 is 0. The van der Waals surface area contributed by atoms with E-state index in [1.807, 2.05) is 49.4 Å². The number of carbonyl (C=O) groups is 2. The molecule has 0 radical (unpaired) electrons. The molecule has 0 aromatic heterocycles. The van der Waals surface area contributed by atoms with Crippen LogP contribution in [-0.4, -0.2) is 19.0 Å². The highest BCUT2D eigenvalue weighted by Crippen LogP contribution is 2.28. The van der Waals surface area contributed by atoms with Gasteiger partial charge < -0.3 is 14.2 Å². The minimum atomic E-state index is -0.464. The van der Waals surface area contributed by atoms with Crippen molar-refractivity contribution in [1.82, 2.24) is 0 Å². The predicted octanol–water partition coefficient (Wildman–Crippen LogP) is 5.77. The van der Waals surface area contributed by atoms with Crippen LogP contribution >= 0.6 is 0 Å². The Morgan fingerprint density at radius 2 is 1.47 bits per heavy atom. The standard InChI is InChI=1S/C27H24O5/c1-18(2)27(29)32-24-14-15-25(19(3)17-24)21-8-12-23(13-9-21)31-26(28)16-7-20-5-10-22(30-4)11-6-20/h5-17H,1H2,2-4H3/b16-7+. The van der Waals surface area contributed by atoms with Crippen LogP contribution in [0.4, 0.5) is 0 Å². The zero-order chi connectivity index (χ0) is 23.1. The molecular formula is C27H24O5. The quantitative estimate of drug-likeness (QED) is 0.272. The summed E-state index contributed by atoms with van der Waals surface area (Å²) < 4.78 is 15.8. The Hall–Kier alpha value is -4.12. The summed E-state index contributed by atoms with van der Waals surface area (Å²) in [6.45, 7) is 7.12. The molecule has 0 fully saturated rings. The summed E-state index contributed by atoms with van der Waals surface area (Å²) in [5.74, 6) is 0.747. The van der Waals surface area contributed by atoms with Crippen molar-refractivity contribution in [2.75, 3.05) is 7.11 Å². The van der Waals surface area contributed by atoms with Gasteiger partial charge in [-0.25, -0.2) is 9.59 Å². The SMILES string of the molecule is C=C(C)C(=O)Oc1ccc(-c2ccc(OC(=O)/C=C/c3ccc(OC)cc3)cc2)c(C)c1. The van der Waals surface area contributed by atoms with Crippen molar-refractivity contribution in [3.63, 3.8) is 0 Å². The molecule has 0 bridgehead atoms. The van der Waals surface area contributed by atoms with Crippen LogP contribution in [0.5, 0.6) is 17.2 Å².